The second kappa shape index (κ2) is 9.75. The first-order valence-corrected chi connectivity index (χ1v) is 10.7. The molecule has 2 aromatic rings. The molecule has 180 valence electrons. The molecule has 2 N–H and O–H groups in total. The number of hydrogen-bond acceptors (Lipinski definition) is 2. The molecule has 0 spiro atoms. The number of aryl methyl sites for hydroxylation is 2. The zero-order valence-electron chi connectivity index (χ0n) is 18.3. The summed E-state index contributed by atoms with van der Waals surface area (Å²) in [7, 11) is 0. The van der Waals surface area contributed by atoms with E-state index in [1.54, 1.807) is 19.9 Å². The molecule has 0 aliphatic carbocycles. The Kier molecular flexibility index (Phi) is 7.41. The van der Waals surface area contributed by atoms with Crippen molar-refractivity contribution in [2.24, 2.45) is 0 Å². The molecular weight excluding hydrogens is 446 g/mol. The summed E-state index contributed by atoms with van der Waals surface area (Å²) in [4.78, 5) is 11.1. The standard InChI is InChI=1S/C12H12F3NO.C12H14F3N/c1-7-2-8(9-5-11(17)16-6-9)4-10(3-7)12(13,14)15;1-8-4-10(9-2-3-16-7-9)6-11(5-8)12(13,14)15/h2-4,9H,5-6H2,1H3,(H,16,17);4-6,9,16H,2-3,7H2,1H3. The highest BCUT2D eigenvalue weighted by Crippen LogP contribution is 2.34. The predicted molar refractivity (Wildman–Crippen MR) is 113 cm³/mol. The molecule has 0 saturated carbocycles. The predicted octanol–water partition coefficient (Wildman–Crippen LogP) is 5.71. The monoisotopic (exact) mass is 472 g/mol. The van der Waals surface area contributed by atoms with E-state index >= 15 is 0 Å². The van der Waals surface area contributed by atoms with E-state index in [2.05, 4.69) is 10.6 Å². The van der Waals surface area contributed by atoms with Gasteiger partial charge in [0.1, 0.15) is 0 Å². The van der Waals surface area contributed by atoms with Gasteiger partial charge < -0.3 is 10.6 Å². The van der Waals surface area contributed by atoms with Gasteiger partial charge in [0.25, 0.3) is 0 Å². The van der Waals surface area contributed by atoms with Crippen molar-refractivity contribution in [1.82, 2.24) is 10.6 Å². The maximum atomic E-state index is 12.6. The number of hydrogen-bond donors (Lipinski definition) is 2. The number of halogens is 6. The molecular formula is C24H26F6N2O. The van der Waals surface area contributed by atoms with E-state index in [1.165, 1.54) is 12.1 Å². The number of rotatable bonds is 2. The summed E-state index contributed by atoms with van der Waals surface area (Å²) in [6.45, 7) is 5.42. The van der Waals surface area contributed by atoms with Crippen molar-refractivity contribution < 1.29 is 31.1 Å². The van der Waals surface area contributed by atoms with Gasteiger partial charge in [0.2, 0.25) is 5.91 Å². The fourth-order valence-corrected chi connectivity index (χ4v) is 4.20. The number of benzene rings is 2. The molecule has 2 saturated heterocycles. The third kappa shape index (κ3) is 6.72. The van der Waals surface area contributed by atoms with Crippen molar-refractivity contribution in [3.05, 3.63) is 69.8 Å². The Morgan fingerprint density at radius 3 is 1.67 bits per heavy atom. The molecule has 2 aliphatic heterocycles. The minimum absolute atomic E-state index is 0.106. The van der Waals surface area contributed by atoms with Gasteiger partial charge in [0, 0.05) is 25.4 Å². The van der Waals surface area contributed by atoms with Crippen LogP contribution in [0.15, 0.2) is 36.4 Å². The topological polar surface area (TPSA) is 41.1 Å². The lowest BCUT2D eigenvalue weighted by molar-refractivity contribution is -0.138. The second-order valence-corrected chi connectivity index (χ2v) is 8.66. The van der Waals surface area contributed by atoms with Crippen molar-refractivity contribution in [2.45, 2.75) is 50.9 Å². The third-order valence-electron chi connectivity index (χ3n) is 5.83. The molecule has 3 nitrogen and oxygen atoms in total. The van der Waals surface area contributed by atoms with E-state index in [9.17, 15) is 31.1 Å². The summed E-state index contributed by atoms with van der Waals surface area (Å²) in [5, 5.41) is 5.79. The van der Waals surface area contributed by atoms with Crippen LogP contribution in [0.2, 0.25) is 0 Å². The van der Waals surface area contributed by atoms with Crippen LogP contribution < -0.4 is 10.6 Å². The Hall–Kier alpha value is -2.55. The fraction of sp³-hybridized carbons (Fsp3) is 0.458. The fourth-order valence-electron chi connectivity index (χ4n) is 4.20. The van der Waals surface area contributed by atoms with Crippen LogP contribution in [0.4, 0.5) is 26.3 Å². The van der Waals surface area contributed by atoms with Crippen LogP contribution >= 0.6 is 0 Å². The van der Waals surface area contributed by atoms with Gasteiger partial charge in [0.05, 0.1) is 11.1 Å². The molecule has 4 rings (SSSR count). The second-order valence-electron chi connectivity index (χ2n) is 8.66. The maximum absolute atomic E-state index is 12.6. The van der Waals surface area contributed by atoms with Gasteiger partial charge in [-0.3, -0.25) is 4.79 Å². The Balaban J connectivity index is 0.000000186. The number of carbonyl (C=O) groups is 1. The Labute approximate surface area is 188 Å². The van der Waals surface area contributed by atoms with Crippen LogP contribution in [-0.4, -0.2) is 25.5 Å². The minimum atomic E-state index is -4.34. The largest absolute Gasteiger partial charge is 0.416 e. The summed E-state index contributed by atoms with van der Waals surface area (Å²) in [6, 6.07) is 8.30. The van der Waals surface area contributed by atoms with Crippen LogP contribution in [0.5, 0.6) is 0 Å². The summed E-state index contributed by atoms with van der Waals surface area (Å²) in [6.07, 6.45) is -7.40. The normalized spacial score (nSPS) is 20.9. The van der Waals surface area contributed by atoms with E-state index in [4.69, 9.17) is 0 Å². The van der Waals surface area contributed by atoms with Gasteiger partial charge in [0.15, 0.2) is 0 Å². The first-order chi connectivity index (χ1) is 15.3. The Morgan fingerprint density at radius 2 is 1.27 bits per heavy atom. The van der Waals surface area contributed by atoms with E-state index in [1.807, 2.05) is 6.07 Å². The smallest absolute Gasteiger partial charge is 0.355 e. The SMILES string of the molecule is Cc1cc(C2CCNC2)cc(C(F)(F)F)c1.Cc1cc(C2CNC(=O)C2)cc(C(F)(F)F)c1. The molecule has 1 amide bonds. The highest BCUT2D eigenvalue weighted by atomic mass is 19.4. The number of carbonyl (C=O) groups excluding carboxylic acids is 1. The van der Waals surface area contributed by atoms with Crippen molar-refractivity contribution in [1.29, 1.82) is 0 Å². The molecule has 0 aromatic heterocycles. The molecule has 2 unspecified atom stereocenters. The van der Waals surface area contributed by atoms with Gasteiger partial charge >= 0.3 is 12.4 Å². The molecule has 33 heavy (non-hydrogen) atoms. The summed E-state index contributed by atoms with van der Waals surface area (Å²) < 4.78 is 75.7. The van der Waals surface area contributed by atoms with Crippen molar-refractivity contribution in [2.75, 3.05) is 19.6 Å². The van der Waals surface area contributed by atoms with Crippen molar-refractivity contribution >= 4 is 5.91 Å². The molecule has 2 fully saturated rings. The Bertz CT molecular complexity index is 993. The molecule has 2 aliphatic rings. The Morgan fingerprint density at radius 1 is 0.758 bits per heavy atom. The lowest BCUT2D eigenvalue weighted by Gasteiger charge is -2.14. The third-order valence-corrected chi connectivity index (χ3v) is 5.83. The average molecular weight is 472 g/mol. The van der Waals surface area contributed by atoms with E-state index in [-0.39, 0.29) is 24.2 Å². The average Bonchev–Trinajstić information content (AvgIpc) is 3.38. The first-order valence-electron chi connectivity index (χ1n) is 10.7. The van der Waals surface area contributed by atoms with Crippen LogP contribution in [-0.2, 0) is 17.1 Å². The molecule has 2 heterocycles. The maximum Gasteiger partial charge on any atom is 0.416 e. The summed E-state index contributed by atoms with van der Waals surface area (Å²) in [5.41, 5.74) is 1.44. The van der Waals surface area contributed by atoms with Gasteiger partial charge in [-0.1, -0.05) is 23.3 Å². The summed E-state index contributed by atoms with van der Waals surface area (Å²) >= 11 is 0. The highest BCUT2D eigenvalue weighted by Gasteiger charge is 2.33. The van der Waals surface area contributed by atoms with Crippen LogP contribution in [0.1, 0.15) is 58.1 Å². The number of amides is 1. The zero-order valence-corrected chi connectivity index (χ0v) is 18.3. The molecule has 0 bridgehead atoms. The molecule has 2 aromatic carbocycles. The van der Waals surface area contributed by atoms with Crippen LogP contribution in [0.25, 0.3) is 0 Å². The van der Waals surface area contributed by atoms with Crippen LogP contribution in [0.3, 0.4) is 0 Å². The lowest BCUT2D eigenvalue weighted by atomic mass is 9.94. The molecule has 2 atom stereocenters. The van der Waals surface area contributed by atoms with Gasteiger partial charge in [-0.15, -0.1) is 0 Å². The quantitative estimate of drug-likeness (QED) is 0.550. The first kappa shape index (κ1) is 25.1. The van der Waals surface area contributed by atoms with Gasteiger partial charge in [-0.2, -0.15) is 26.3 Å². The van der Waals surface area contributed by atoms with E-state index < -0.39 is 23.5 Å². The lowest BCUT2D eigenvalue weighted by Crippen LogP contribution is -2.13. The van der Waals surface area contributed by atoms with Crippen molar-refractivity contribution in [3.8, 4) is 0 Å². The molecule has 9 heteroatoms. The highest BCUT2D eigenvalue weighted by molar-refractivity contribution is 5.79. The molecule has 0 radical (unpaired) electrons. The van der Waals surface area contributed by atoms with Crippen molar-refractivity contribution in [3.63, 3.8) is 0 Å². The summed E-state index contributed by atoms with van der Waals surface area (Å²) in [5.74, 6) is -0.0328. The number of alkyl halides is 6. The minimum Gasteiger partial charge on any atom is -0.355 e. The van der Waals surface area contributed by atoms with E-state index in [0.29, 0.717) is 23.2 Å². The number of nitrogens with one attached hydrogen (secondary N) is 2. The van der Waals surface area contributed by atoms with Gasteiger partial charge in [-0.25, -0.2) is 0 Å². The zero-order chi connectivity index (χ0) is 24.4. The van der Waals surface area contributed by atoms with Gasteiger partial charge in [-0.05, 0) is 68.1 Å². The van der Waals surface area contributed by atoms with E-state index in [0.717, 1.165) is 37.2 Å². The van der Waals surface area contributed by atoms with Crippen LogP contribution in [0, 0.1) is 13.8 Å².